The SMILES string of the molecule is COC(=O)CN(CC(=O)OC)c1ncccc1Br. The highest BCUT2D eigenvalue weighted by Gasteiger charge is 2.18. The van der Waals surface area contributed by atoms with Crippen LogP contribution in [-0.2, 0) is 19.1 Å². The first kappa shape index (κ1) is 14.4. The van der Waals surface area contributed by atoms with Gasteiger partial charge in [0.1, 0.15) is 18.9 Å². The summed E-state index contributed by atoms with van der Waals surface area (Å²) in [6.45, 7) is -0.164. The van der Waals surface area contributed by atoms with Crippen LogP contribution in [0.3, 0.4) is 0 Å². The minimum absolute atomic E-state index is 0.0821. The standard InChI is InChI=1S/C11H13BrN2O4/c1-17-9(15)6-14(7-10(16)18-2)11-8(12)4-3-5-13-11/h3-5H,6-7H2,1-2H3. The van der Waals surface area contributed by atoms with Crippen LogP contribution in [-0.4, -0.2) is 44.2 Å². The number of halogens is 1. The van der Waals surface area contributed by atoms with Crippen molar-refractivity contribution >= 4 is 33.7 Å². The summed E-state index contributed by atoms with van der Waals surface area (Å²) in [5.74, 6) is -0.443. The topological polar surface area (TPSA) is 68.7 Å². The van der Waals surface area contributed by atoms with E-state index in [1.807, 2.05) is 0 Å². The van der Waals surface area contributed by atoms with E-state index in [4.69, 9.17) is 0 Å². The van der Waals surface area contributed by atoms with Crippen LogP contribution in [0.1, 0.15) is 0 Å². The second kappa shape index (κ2) is 6.95. The molecule has 7 heteroatoms. The van der Waals surface area contributed by atoms with Crippen LogP contribution in [0, 0.1) is 0 Å². The third-order valence-electron chi connectivity index (χ3n) is 2.13. The molecule has 0 saturated carbocycles. The summed E-state index contributed by atoms with van der Waals surface area (Å²) in [4.78, 5) is 28.2. The van der Waals surface area contributed by atoms with Crippen molar-refractivity contribution in [3.63, 3.8) is 0 Å². The molecule has 0 bridgehead atoms. The van der Waals surface area contributed by atoms with E-state index < -0.39 is 11.9 Å². The maximum atomic E-state index is 11.3. The molecule has 1 heterocycles. The smallest absolute Gasteiger partial charge is 0.325 e. The molecule has 0 aliphatic carbocycles. The van der Waals surface area contributed by atoms with Gasteiger partial charge in [0.2, 0.25) is 0 Å². The lowest BCUT2D eigenvalue weighted by Gasteiger charge is -2.21. The average molecular weight is 317 g/mol. The number of ether oxygens (including phenoxy) is 2. The molecule has 1 aromatic rings. The Labute approximate surface area is 113 Å². The number of rotatable bonds is 5. The van der Waals surface area contributed by atoms with Crippen molar-refractivity contribution in [1.82, 2.24) is 4.98 Å². The summed E-state index contributed by atoms with van der Waals surface area (Å²) in [5.41, 5.74) is 0. The number of hydrogen-bond donors (Lipinski definition) is 0. The zero-order valence-electron chi connectivity index (χ0n) is 10.1. The molecule has 0 fully saturated rings. The third-order valence-corrected chi connectivity index (χ3v) is 2.75. The van der Waals surface area contributed by atoms with E-state index in [0.717, 1.165) is 0 Å². The molecule has 18 heavy (non-hydrogen) atoms. The Morgan fingerprint density at radius 3 is 2.28 bits per heavy atom. The van der Waals surface area contributed by atoms with E-state index in [1.165, 1.54) is 19.1 Å². The normalized spacial score (nSPS) is 9.72. The molecule has 0 aromatic carbocycles. The molecule has 1 rings (SSSR count). The fourth-order valence-corrected chi connectivity index (χ4v) is 1.76. The third kappa shape index (κ3) is 3.99. The number of pyridine rings is 1. The summed E-state index contributed by atoms with van der Waals surface area (Å²) < 4.78 is 9.84. The van der Waals surface area contributed by atoms with Crippen LogP contribution in [0.25, 0.3) is 0 Å². The van der Waals surface area contributed by atoms with E-state index in [1.54, 1.807) is 18.3 Å². The minimum Gasteiger partial charge on any atom is -0.468 e. The van der Waals surface area contributed by atoms with Crippen molar-refractivity contribution in [2.45, 2.75) is 0 Å². The second-order valence-corrected chi connectivity index (χ2v) is 4.17. The molecule has 6 nitrogen and oxygen atoms in total. The Balaban J connectivity index is 2.93. The minimum atomic E-state index is -0.462. The van der Waals surface area contributed by atoms with Gasteiger partial charge in [-0.2, -0.15) is 0 Å². The van der Waals surface area contributed by atoms with Crippen LogP contribution in [0.15, 0.2) is 22.8 Å². The largest absolute Gasteiger partial charge is 0.468 e. The highest BCUT2D eigenvalue weighted by Crippen LogP contribution is 2.22. The zero-order valence-corrected chi connectivity index (χ0v) is 11.6. The van der Waals surface area contributed by atoms with Crippen LogP contribution >= 0.6 is 15.9 Å². The number of methoxy groups -OCH3 is 2. The van der Waals surface area contributed by atoms with Gasteiger partial charge in [-0.1, -0.05) is 0 Å². The number of carbonyl (C=O) groups is 2. The fraction of sp³-hybridized carbons (Fsp3) is 0.364. The number of carbonyl (C=O) groups excluding carboxylic acids is 2. The van der Waals surface area contributed by atoms with E-state index >= 15 is 0 Å². The van der Waals surface area contributed by atoms with Crippen molar-refractivity contribution in [3.05, 3.63) is 22.8 Å². The van der Waals surface area contributed by atoms with Crippen molar-refractivity contribution in [3.8, 4) is 0 Å². The summed E-state index contributed by atoms with van der Waals surface area (Å²) in [5, 5.41) is 0. The number of hydrogen-bond acceptors (Lipinski definition) is 6. The van der Waals surface area contributed by atoms with Gasteiger partial charge in [-0.15, -0.1) is 0 Å². The number of esters is 2. The Morgan fingerprint density at radius 2 is 1.83 bits per heavy atom. The number of anilines is 1. The Bertz CT molecular complexity index is 421. The summed E-state index contributed by atoms with van der Waals surface area (Å²) >= 11 is 3.31. The van der Waals surface area contributed by atoms with E-state index in [-0.39, 0.29) is 13.1 Å². The molecule has 0 atom stereocenters. The van der Waals surface area contributed by atoms with Gasteiger partial charge in [-0.05, 0) is 28.1 Å². The van der Waals surface area contributed by atoms with Crippen LogP contribution in [0.2, 0.25) is 0 Å². The van der Waals surface area contributed by atoms with E-state index in [2.05, 4.69) is 30.4 Å². The van der Waals surface area contributed by atoms with Gasteiger partial charge in [0.05, 0.1) is 18.7 Å². The summed E-state index contributed by atoms with van der Waals surface area (Å²) in [6.07, 6.45) is 1.57. The molecule has 0 spiro atoms. The maximum absolute atomic E-state index is 11.3. The Morgan fingerprint density at radius 1 is 1.28 bits per heavy atom. The quantitative estimate of drug-likeness (QED) is 0.755. The number of nitrogens with zero attached hydrogens (tertiary/aromatic N) is 2. The summed E-state index contributed by atoms with van der Waals surface area (Å²) in [6, 6.07) is 3.51. The van der Waals surface area contributed by atoms with Gasteiger partial charge >= 0.3 is 11.9 Å². The van der Waals surface area contributed by atoms with Crippen molar-refractivity contribution in [2.24, 2.45) is 0 Å². The van der Waals surface area contributed by atoms with Crippen molar-refractivity contribution in [2.75, 3.05) is 32.2 Å². The molecule has 0 N–H and O–H groups in total. The maximum Gasteiger partial charge on any atom is 0.325 e. The van der Waals surface area contributed by atoms with E-state index in [9.17, 15) is 9.59 Å². The highest BCUT2D eigenvalue weighted by atomic mass is 79.9. The van der Waals surface area contributed by atoms with E-state index in [0.29, 0.717) is 10.3 Å². The first-order valence-electron chi connectivity index (χ1n) is 5.07. The lowest BCUT2D eigenvalue weighted by atomic mass is 10.4. The Kier molecular flexibility index (Phi) is 5.57. The second-order valence-electron chi connectivity index (χ2n) is 3.32. The predicted molar refractivity (Wildman–Crippen MR) is 68.2 cm³/mol. The van der Waals surface area contributed by atoms with Crippen molar-refractivity contribution < 1.29 is 19.1 Å². The van der Waals surface area contributed by atoms with Crippen molar-refractivity contribution in [1.29, 1.82) is 0 Å². The van der Waals surface area contributed by atoms with Gasteiger partial charge < -0.3 is 14.4 Å². The monoisotopic (exact) mass is 316 g/mol. The lowest BCUT2D eigenvalue weighted by Crippen LogP contribution is -2.36. The first-order chi connectivity index (χ1) is 8.58. The van der Waals surface area contributed by atoms with Gasteiger partial charge in [-0.3, -0.25) is 9.59 Å². The molecule has 0 aliphatic rings. The molecule has 1 aromatic heterocycles. The van der Waals surface area contributed by atoms with Gasteiger partial charge in [-0.25, -0.2) is 4.98 Å². The predicted octanol–water partition coefficient (Wildman–Crippen LogP) is 0.996. The highest BCUT2D eigenvalue weighted by molar-refractivity contribution is 9.10. The average Bonchev–Trinajstić information content (AvgIpc) is 2.38. The molecule has 0 aliphatic heterocycles. The van der Waals surface area contributed by atoms with Gasteiger partial charge in [0, 0.05) is 6.20 Å². The molecule has 98 valence electrons. The number of aromatic nitrogens is 1. The zero-order chi connectivity index (χ0) is 13.5. The molecule has 0 amide bonds. The van der Waals surface area contributed by atoms with Crippen LogP contribution in [0.5, 0.6) is 0 Å². The van der Waals surface area contributed by atoms with Gasteiger partial charge in [0.25, 0.3) is 0 Å². The molecular weight excluding hydrogens is 304 g/mol. The van der Waals surface area contributed by atoms with Gasteiger partial charge in [0.15, 0.2) is 0 Å². The fourth-order valence-electron chi connectivity index (χ4n) is 1.26. The molecule has 0 radical (unpaired) electrons. The molecule has 0 unspecified atom stereocenters. The molecule has 0 saturated heterocycles. The summed E-state index contributed by atoms with van der Waals surface area (Å²) in [7, 11) is 2.57. The molecular formula is C11H13BrN2O4. The van der Waals surface area contributed by atoms with Crippen LogP contribution in [0.4, 0.5) is 5.82 Å². The van der Waals surface area contributed by atoms with Crippen LogP contribution < -0.4 is 4.90 Å². The lowest BCUT2D eigenvalue weighted by molar-refractivity contribution is -0.140. The Hall–Kier alpha value is -1.63. The first-order valence-corrected chi connectivity index (χ1v) is 5.87.